The Balaban J connectivity index is 1.29. The summed E-state index contributed by atoms with van der Waals surface area (Å²) in [4.78, 5) is 5.32. The molecule has 0 amide bonds. The Morgan fingerprint density at radius 1 is 0.274 bits per heavy atom. The van der Waals surface area contributed by atoms with Gasteiger partial charge in [-0.05, 0) is 159 Å². The number of hydrogen-bond donors (Lipinski definition) is 0. The summed E-state index contributed by atoms with van der Waals surface area (Å²) >= 11 is 7.44. The number of rotatable bonds is 7. The van der Waals surface area contributed by atoms with Crippen molar-refractivity contribution in [1.29, 1.82) is 0 Å². The average molecular weight is 1120 g/mol. The first-order chi connectivity index (χ1) is 39.7. The summed E-state index contributed by atoms with van der Waals surface area (Å²) < 4.78 is 0. The van der Waals surface area contributed by atoms with E-state index in [9.17, 15) is 0 Å². The largest absolute Gasteiger partial charge is 0.310 e. The molecule has 2 nitrogen and oxygen atoms in total. The lowest BCUT2D eigenvalue weighted by atomic mass is 9.33. The van der Waals surface area contributed by atoms with Crippen molar-refractivity contribution in [3.8, 4) is 55.6 Å². The standard InChI is InChI=1S/C80H80BClN2/c1-76(2,3)57-40-56(41-58(43-57)77(4,5)6)55-36-38-67-69(42-55)83(74-63(51-28-20-16-21-29-51)44-59(78(7,8)9)45-64(74)52-30-22-17-23-31-52)71-48-61(80(13,14)15)49-72-73(71)81(67)68-39-37-62(82)50-70(68)84(72)75-65(53-32-24-18-25-33-53)46-60(79(10,11)12)47-66(75)54-34-26-19-27-35-54/h16-50H,1-15H3. The molecule has 0 saturated carbocycles. The molecule has 0 bridgehead atoms. The van der Waals surface area contributed by atoms with Crippen LogP contribution in [0.1, 0.15) is 132 Å². The summed E-state index contributed by atoms with van der Waals surface area (Å²) in [6.45, 7) is 35.0. The third-order valence-corrected chi connectivity index (χ3v) is 17.9. The lowest BCUT2D eigenvalue weighted by Crippen LogP contribution is -2.61. The van der Waals surface area contributed by atoms with Crippen LogP contribution in [0.3, 0.4) is 0 Å². The van der Waals surface area contributed by atoms with Gasteiger partial charge in [0.2, 0.25) is 0 Å². The van der Waals surface area contributed by atoms with Crippen molar-refractivity contribution in [3.05, 3.63) is 245 Å². The predicted molar refractivity (Wildman–Crippen MR) is 366 cm³/mol. The number of fused-ring (bicyclic) bond motifs is 4. The Hall–Kier alpha value is -7.85. The minimum absolute atomic E-state index is 0.0638. The first kappa shape index (κ1) is 56.6. The Morgan fingerprint density at radius 2 is 0.583 bits per heavy atom. The molecule has 0 N–H and O–H groups in total. The Labute approximate surface area is 507 Å². The maximum atomic E-state index is 7.44. The molecule has 10 aromatic carbocycles. The molecular formula is C80H80BClN2. The van der Waals surface area contributed by atoms with Crippen LogP contribution in [0.15, 0.2) is 212 Å². The van der Waals surface area contributed by atoms with Crippen molar-refractivity contribution in [1.82, 2.24) is 0 Å². The molecule has 0 atom stereocenters. The molecular weight excluding hydrogens is 1040 g/mol. The maximum Gasteiger partial charge on any atom is 0.252 e. The van der Waals surface area contributed by atoms with E-state index in [1.54, 1.807) is 0 Å². The van der Waals surface area contributed by atoms with Gasteiger partial charge in [0.25, 0.3) is 6.71 Å². The fraction of sp³-hybridized carbons (Fsp3) is 0.250. The van der Waals surface area contributed by atoms with Crippen molar-refractivity contribution >= 4 is 68.8 Å². The van der Waals surface area contributed by atoms with E-state index in [4.69, 9.17) is 11.6 Å². The Morgan fingerprint density at radius 3 is 0.929 bits per heavy atom. The highest BCUT2D eigenvalue weighted by Gasteiger charge is 2.46. The second kappa shape index (κ2) is 20.7. The highest BCUT2D eigenvalue weighted by atomic mass is 35.5. The Kier molecular flexibility index (Phi) is 14.0. The summed E-state index contributed by atoms with van der Waals surface area (Å²) in [7, 11) is 0. The van der Waals surface area contributed by atoms with Crippen LogP contribution >= 0.6 is 11.6 Å². The van der Waals surface area contributed by atoms with Crippen LogP contribution in [0.25, 0.3) is 55.6 Å². The fourth-order valence-corrected chi connectivity index (χ4v) is 12.9. The summed E-state index contributed by atoms with van der Waals surface area (Å²) in [5.74, 6) is 0. The minimum atomic E-state index is -0.271. The number of halogens is 1. The van der Waals surface area contributed by atoms with Gasteiger partial charge >= 0.3 is 0 Å². The number of hydrogen-bond acceptors (Lipinski definition) is 2. The lowest BCUT2D eigenvalue weighted by Gasteiger charge is -2.46. The van der Waals surface area contributed by atoms with E-state index in [2.05, 4.69) is 326 Å². The fourth-order valence-electron chi connectivity index (χ4n) is 12.7. The Bertz CT molecular complexity index is 3990. The topological polar surface area (TPSA) is 6.48 Å². The first-order valence-electron chi connectivity index (χ1n) is 30.2. The van der Waals surface area contributed by atoms with E-state index in [-0.39, 0.29) is 33.8 Å². The molecule has 4 heteroatoms. The van der Waals surface area contributed by atoms with E-state index < -0.39 is 0 Å². The van der Waals surface area contributed by atoms with Gasteiger partial charge in [-0.1, -0.05) is 273 Å². The van der Waals surface area contributed by atoms with E-state index >= 15 is 0 Å². The van der Waals surface area contributed by atoms with Gasteiger partial charge in [0.1, 0.15) is 0 Å². The van der Waals surface area contributed by atoms with Crippen LogP contribution in [-0.4, -0.2) is 6.71 Å². The highest BCUT2D eigenvalue weighted by Crippen LogP contribution is 2.55. The summed E-state index contributed by atoms with van der Waals surface area (Å²) in [5, 5.41) is 0.698. The van der Waals surface area contributed by atoms with Gasteiger partial charge in [-0.2, -0.15) is 0 Å². The van der Waals surface area contributed by atoms with Gasteiger partial charge in [-0.3, -0.25) is 0 Å². The average Bonchev–Trinajstić information content (AvgIpc) is 0.753. The van der Waals surface area contributed by atoms with Gasteiger partial charge < -0.3 is 9.80 Å². The zero-order valence-corrected chi connectivity index (χ0v) is 52.8. The predicted octanol–water partition coefficient (Wildman–Crippen LogP) is 21.2. The molecule has 2 aliphatic heterocycles. The van der Waals surface area contributed by atoms with Crippen LogP contribution in [0.4, 0.5) is 34.1 Å². The van der Waals surface area contributed by atoms with Crippen LogP contribution in [0.5, 0.6) is 0 Å². The van der Waals surface area contributed by atoms with Gasteiger partial charge in [0.05, 0.1) is 11.4 Å². The van der Waals surface area contributed by atoms with Gasteiger partial charge in [-0.25, -0.2) is 0 Å². The normalized spacial score (nSPS) is 13.4. The molecule has 12 rings (SSSR count). The molecule has 420 valence electrons. The number of nitrogens with zero attached hydrogens (tertiary/aromatic N) is 2. The molecule has 0 unspecified atom stereocenters. The molecule has 0 radical (unpaired) electrons. The van der Waals surface area contributed by atoms with Crippen molar-refractivity contribution in [2.45, 2.75) is 131 Å². The van der Waals surface area contributed by atoms with E-state index in [0.29, 0.717) is 5.02 Å². The highest BCUT2D eigenvalue weighted by molar-refractivity contribution is 7.00. The monoisotopic (exact) mass is 1110 g/mol. The molecule has 0 aliphatic carbocycles. The van der Waals surface area contributed by atoms with Crippen LogP contribution in [-0.2, 0) is 27.1 Å². The number of benzene rings is 10. The molecule has 84 heavy (non-hydrogen) atoms. The third-order valence-electron chi connectivity index (χ3n) is 17.6. The smallest absolute Gasteiger partial charge is 0.252 e. The SMILES string of the molecule is CC(C)(C)c1cc(-c2ccc3c(c2)N(c2c(-c4ccccc4)cc(C(C)(C)C)cc2-c2ccccc2)c2cc(C(C)(C)C)cc4c2B3c2ccc(Cl)cc2N4c2c(-c3ccccc3)cc(C(C)(C)C)cc2-c2ccccc2)cc(C(C)(C)C)c1. The van der Waals surface area contributed by atoms with Crippen molar-refractivity contribution in [2.75, 3.05) is 9.80 Å². The molecule has 10 aromatic rings. The summed E-state index contributed by atoms with van der Waals surface area (Å²) in [5.41, 5.74) is 28.1. The number of anilines is 6. The van der Waals surface area contributed by atoms with Gasteiger partial charge in [0.15, 0.2) is 0 Å². The van der Waals surface area contributed by atoms with Crippen LogP contribution < -0.4 is 26.2 Å². The van der Waals surface area contributed by atoms with E-state index in [0.717, 1.165) is 39.6 Å². The molecule has 2 heterocycles. The second-order valence-corrected chi connectivity index (χ2v) is 29.3. The molecule has 0 spiro atoms. The van der Waals surface area contributed by atoms with Gasteiger partial charge in [-0.15, -0.1) is 0 Å². The van der Waals surface area contributed by atoms with Crippen LogP contribution in [0, 0.1) is 0 Å². The van der Waals surface area contributed by atoms with Crippen LogP contribution in [0.2, 0.25) is 5.02 Å². The second-order valence-electron chi connectivity index (χ2n) is 28.9. The molecule has 0 fully saturated rings. The van der Waals surface area contributed by atoms with Crippen molar-refractivity contribution < 1.29 is 0 Å². The zero-order valence-electron chi connectivity index (χ0n) is 52.1. The summed E-state index contributed by atoms with van der Waals surface area (Å²) in [6, 6.07) is 80.8. The minimum Gasteiger partial charge on any atom is -0.310 e. The van der Waals surface area contributed by atoms with E-state index in [1.807, 2.05) is 0 Å². The van der Waals surface area contributed by atoms with Gasteiger partial charge in [0, 0.05) is 50.0 Å². The quantitative estimate of drug-likeness (QED) is 0.147. The lowest BCUT2D eigenvalue weighted by molar-refractivity contribution is 0.569. The maximum absolute atomic E-state index is 7.44. The zero-order chi connectivity index (χ0) is 59.4. The molecule has 2 aliphatic rings. The summed E-state index contributed by atoms with van der Waals surface area (Å²) in [6.07, 6.45) is 0. The van der Waals surface area contributed by atoms with E-state index in [1.165, 1.54) is 94.4 Å². The van der Waals surface area contributed by atoms with Crippen molar-refractivity contribution in [3.63, 3.8) is 0 Å². The first-order valence-corrected chi connectivity index (χ1v) is 30.6. The molecule has 0 saturated heterocycles. The third kappa shape index (κ3) is 10.3. The molecule has 0 aromatic heterocycles. The van der Waals surface area contributed by atoms with Crippen molar-refractivity contribution in [2.24, 2.45) is 0 Å².